The van der Waals surface area contributed by atoms with Crippen molar-refractivity contribution < 1.29 is 13.9 Å². The quantitative estimate of drug-likeness (QED) is 0.823. The summed E-state index contributed by atoms with van der Waals surface area (Å²) < 4.78 is 12.7. The number of morpholine rings is 1. The number of rotatable bonds is 6. The largest absolute Gasteiger partial charge is 0.467 e. The van der Waals surface area contributed by atoms with Crippen LogP contribution in [0.5, 0.6) is 0 Å². The van der Waals surface area contributed by atoms with Gasteiger partial charge in [-0.15, -0.1) is 0 Å². The van der Waals surface area contributed by atoms with Gasteiger partial charge in [-0.3, -0.25) is 14.4 Å². The summed E-state index contributed by atoms with van der Waals surface area (Å²) in [5, 5.41) is 6.99. The van der Waals surface area contributed by atoms with Gasteiger partial charge in [-0.05, 0) is 19.1 Å². The predicted molar refractivity (Wildman–Crippen MR) is 81.4 cm³/mol. The topological polar surface area (TPSA) is 85.4 Å². The summed E-state index contributed by atoms with van der Waals surface area (Å²) in [6.07, 6.45) is 4.78. The maximum atomic E-state index is 12.3. The van der Waals surface area contributed by atoms with Gasteiger partial charge in [-0.2, -0.15) is 5.10 Å². The monoisotopic (exact) mass is 319 g/mol. The highest BCUT2D eigenvalue weighted by molar-refractivity contribution is 5.81. The van der Waals surface area contributed by atoms with E-state index in [0.717, 1.165) is 12.3 Å². The van der Waals surface area contributed by atoms with Crippen molar-refractivity contribution >= 4 is 5.91 Å². The number of nitrogens with zero attached hydrogens (tertiary/aromatic N) is 4. The smallest absolute Gasteiger partial charge is 0.237 e. The first-order valence-corrected chi connectivity index (χ1v) is 7.70. The number of carbonyl (C=O) groups excluding carboxylic acids is 1. The molecule has 1 fully saturated rings. The molecule has 0 aromatic carbocycles. The van der Waals surface area contributed by atoms with E-state index in [9.17, 15) is 4.79 Å². The highest BCUT2D eigenvalue weighted by Crippen LogP contribution is 2.11. The van der Waals surface area contributed by atoms with Crippen molar-refractivity contribution in [2.45, 2.75) is 32.2 Å². The minimum absolute atomic E-state index is 0.00535. The second-order valence-corrected chi connectivity index (χ2v) is 5.58. The van der Waals surface area contributed by atoms with Gasteiger partial charge in [0.25, 0.3) is 0 Å². The van der Waals surface area contributed by atoms with Gasteiger partial charge in [0.1, 0.15) is 18.4 Å². The van der Waals surface area contributed by atoms with E-state index in [-0.39, 0.29) is 18.1 Å². The molecule has 124 valence electrons. The minimum atomic E-state index is -0.216. The summed E-state index contributed by atoms with van der Waals surface area (Å²) in [5.74, 6) is 0.736. The summed E-state index contributed by atoms with van der Waals surface area (Å²) >= 11 is 0. The van der Waals surface area contributed by atoms with Crippen molar-refractivity contribution in [1.29, 1.82) is 0 Å². The lowest BCUT2D eigenvalue weighted by molar-refractivity contribution is -0.129. The Morgan fingerprint density at radius 3 is 3.22 bits per heavy atom. The Labute approximate surface area is 134 Å². The number of ether oxygens (including phenoxy) is 1. The predicted octanol–water partition coefficient (Wildman–Crippen LogP) is 0.277. The molecule has 0 spiro atoms. The number of aromatic nitrogens is 3. The molecular formula is C15H21N5O3. The number of hydrogen-bond donors (Lipinski definition) is 1. The standard InChI is InChI=1S/C15H21N5O3/c1-12(15(21)17-7-13-3-2-5-22-13)19-4-6-23-14(8-19)9-20-11-16-10-18-20/h2-3,5,10-12,14H,4,6-9H2,1H3,(H,17,21)/t12-,14-/m0/s1. The van der Waals surface area contributed by atoms with Crippen LogP contribution in [0.15, 0.2) is 35.5 Å². The molecular weight excluding hydrogens is 298 g/mol. The van der Waals surface area contributed by atoms with E-state index in [0.29, 0.717) is 26.2 Å². The molecule has 8 nitrogen and oxygen atoms in total. The molecule has 0 radical (unpaired) electrons. The van der Waals surface area contributed by atoms with E-state index >= 15 is 0 Å². The number of hydrogen-bond acceptors (Lipinski definition) is 6. The number of amides is 1. The Morgan fingerprint density at radius 1 is 1.57 bits per heavy atom. The van der Waals surface area contributed by atoms with Gasteiger partial charge in [0.05, 0.1) is 38.1 Å². The highest BCUT2D eigenvalue weighted by Gasteiger charge is 2.28. The van der Waals surface area contributed by atoms with Gasteiger partial charge in [0, 0.05) is 13.1 Å². The van der Waals surface area contributed by atoms with Gasteiger partial charge in [0.15, 0.2) is 0 Å². The Balaban J connectivity index is 1.49. The lowest BCUT2D eigenvalue weighted by atomic mass is 10.2. The molecule has 1 aliphatic rings. The maximum absolute atomic E-state index is 12.3. The highest BCUT2D eigenvalue weighted by atomic mass is 16.5. The fourth-order valence-corrected chi connectivity index (χ4v) is 2.64. The minimum Gasteiger partial charge on any atom is -0.467 e. The van der Waals surface area contributed by atoms with Crippen LogP contribution in [-0.2, 0) is 22.6 Å². The lowest BCUT2D eigenvalue weighted by Gasteiger charge is -2.36. The Morgan fingerprint density at radius 2 is 2.48 bits per heavy atom. The van der Waals surface area contributed by atoms with Gasteiger partial charge in [-0.25, -0.2) is 4.98 Å². The molecule has 0 aliphatic carbocycles. The van der Waals surface area contributed by atoms with Crippen LogP contribution >= 0.6 is 0 Å². The van der Waals surface area contributed by atoms with Gasteiger partial charge in [-0.1, -0.05) is 0 Å². The van der Waals surface area contributed by atoms with Crippen LogP contribution in [0.1, 0.15) is 12.7 Å². The van der Waals surface area contributed by atoms with Crippen molar-refractivity contribution in [3.63, 3.8) is 0 Å². The van der Waals surface area contributed by atoms with Crippen LogP contribution in [0, 0.1) is 0 Å². The lowest BCUT2D eigenvalue weighted by Crippen LogP contribution is -2.52. The Hall–Kier alpha value is -2.19. The molecule has 3 rings (SSSR count). The molecule has 2 aromatic rings. The average molecular weight is 319 g/mol. The first-order valence-electron chi connectivity index (χ1n) is 7.70. The van der Waals surface area contributed by atoms with Gasteiger partial charge >= 0.3 is 0 Å². The second kappa shape index (κ2) is 7.38. The van der Waals surface area contributed by atoms with E-state index in [1.807, 2.05) is 19.1 Å². The summed E-state index contributed by atoms with van der Waals surface area (Å²) in [4.78, 5) is 18.4. The molecule has 1 amide bonds. The zero-order valence-corrected chi connectivity index (χ0v) is 13.1. The third-order valence-electron chi connectivity index (χ3n) is 3.97. The van der Waals surface area contributed by atoms with Gasteiger partial charge < -0.3 is 14.5 Å². The fraction of sp³-hybridized carbons (Fsp3) is 0.533. The van der Waals surface area contributed by atoms with Crippen molar-refractivity contribution in [2.75, 3.05) is 19.7 Å². The van der Waals surface area contributed by atoms with Crippen molar-refractivity contribution in [3.05, 3.63) is 36.8 Å². The molecule has 1 saturated heterocycles. The zero-order valence-electron chi connectivity index (χ0n) is 13.1. The molecule has 2 atom stereocenters. The Kier molecular flexibility index (Phi) is 5.04. The molecule has 1 N–H and O–H groups in total. The first kappa shape index (κ1) is 15.7. The number of furan rings is 1. The third kappa shape index (κ3) is 4.17. The van der Waals surface area contributed by atoms with Crippen LogP contribution in [0.3, 0.4) is 0 Å². The van der Waals surface area contributed by atoms with Crippen LogP contribution in [0.25, 0.3) is 0 Å². The van der Waals surface area contributed by atoms with Gasteiger partial charge in [0.2, 0.25) is 5.91 Å². The van der Waals surface area contributed by atoms with Crippen molar-refractivity contribution in [1.82, 2.24) is 25.0 Å². The SMILES string of the molecule is C[C@@H](C(=O)NCc1ccco1)N1CCO[C@H](Cn2cncn2)C1. The van der Waals surface area contributed by atoms with Crippen molar-refractivity contribution in [2.24, 2.45) is 0 Å². The summed E-state index contributed by atoms with van der Waals surface area (Å²) in [6, 6.07) is 3.43. The van der Waals surface area contributed by atoms with E-state index in [2.05, 4.69) is 20.3 Å². The van der Waals surface area contributed by atoms with Crippen molar-refractivity contribution in [3.8, 4) is 0 Å². The third-order valence-corrected chi connectivity index (χ3v) is 3.97. The molecule has 0 bridgehead atoms. The van der Waals surface area contributed by atoms with E-state index < -0.39 is 0 Å². The maximum Gasteiger partial charge on any atom is 0.237 e. The molecule has 1 aliphatic heterocycles. The summed E-state index contributed by atoms with van der Waals surface area (Å²) in [5.41, 5.74) is 0. The Bertz CT molecular complexity index is 599. The number of carbonyl (C=O) groups is 1. The molecule has 23 heavy (non-hydrogen) atoms. The molecule has 3 heterocycles. The number of nitrogens with one attached hydrogen (secondary N) is 1. The van der Waals surface area contributed by atoms with E-state index in [1.54, 1.807) is 17.3 Å². The summed E-state index contributed by atoms with van der Waals surface area (Å²) in [7, 11) is 0. The van der Waals surface area contributed by atoms with Crippen LogP contribution in [0.4, 0.5) is 0 Å². The van der Waals surface area contributed by atoms with E-state index in [1.165, 1.54) is 6.33 Å². The molecule has 2 aromatic heterocycles. The zero-order chi connectivity index (χ0) is 16.1. The average Bonchev–Trinajstić information content (AvgIpc) is 3.25. The van der Waals surface area contributed by atoms with Crippen LogP contribution in [0.2, 0.25) is 0 Å². The van der Waals surface area contributed by atoms with Crippen LogP contribution < -0.4 is 5.32 Å². The second-order valence-electron chi connectivity index (χ2n) is 5.58. The normalized spacial score (nSPS) is 20.3. The fourth-order valence-electron chi connectivity index (χ4n) is 2.64. The molecule has 0 unspecified atom stereocenters. The van der Waals surface area contributed by atoms with E-state index in [4.69, 9.17) is 9.15 Å². The first-order chi connectivity index (χ1) is 11.2. The van der Waals surface area contributed by atoms with Crippen LogP contribution in [-0.4, -0.2) is 57.4 Å². The summed E-state index contributed by atoms with van der Waals surface area (Å²) in [6.45, 7) is 4.99. The molecule has 0 saturated carbocycles. The molecule has 8 heteroatoms.